The Hall–Kier alpha value is -1.32. The van der Waals surface area contributed by atoms with Crippen molar-refractivity contribution >= 4 is 15.9 Å². The van der Waals surface area contributed by atoms with Crippen molar-refractivity contribution in [2.75, 3.05) is 0 Å². The first-order valence-electron chi connectivity index (χ1n) is 7.34. The minimum absolute atomic E-state index is 0.504. The zero-order chi connectivity index (χ0) is 15.2. The summed E-state index contributed by atoms with van der Waals surface area (Å²) in [5.74, 6) is 1.48. The molecule has 2 rings (SSSR count). The lowest BCUT2D eigenvalue weighted by atomic mass is 9.98. The number of hydrogen-bond acceptors (Lipinski definition) is 2. The SMILES string of the molecule is CCC(C)c1ccccc1OCc1ccc(CN)cc1Br. The standard InChI is InChI=1S/C18H22BrNO/c1-3-13(2)16-6-4-5-7-18(16)21-12-15-9-8-14(11-20)10-17(15)19/h4-10,13H,3,11-12,20H2,1-2H3. The maximum absolute atomic E-state index is 6.04. The molecule has 0 fully saturated rings. The molecule has 1 atom stereocenters. The highest BCUT2D eigenvalue weighted by Gasteiger charge is 2.10. The summed E-state index contributed by atoms with van der Waals surface area (Å²) in [6.45, 7) is 5.53. The minimum Gasteiger partial charge on any atom is -0.489 e. The lowest BCUT2D eigenvalue weighted by molar-refractivity contribution is 0.300. The topological polar surface area (TPSA) is 35.2 Å². The van der Waals surface area contributed by atoms with Crippen LogP contribution in [0.5, 0.6) is 5.75 Å². The fraction of sp³-hybridized carbons (Fsp3) is 0.333. The van der Waals surface area contributed by atoms with Crippen molar-refractivity contribution in [2.24, 2.45) is 5.73 Å². The second kappa shape index (κ2) is 7.62. The highest BCUT2D eigenvalue weighted by atomic mass is 79.9. The van der Waals surface area contributed by atoms with Crippen molar-refractivity contribution in [3.63, 3.8) is 0 Å². The van der Waals surface area contributed by atoms with Gasteiger partial charge in [-0.2, -0.15) is 0 Å². The van der Waals surface area contributed by atoms with E-state index >= 15 is 0 Å². The summed E-state index contributed by atoms with van der Waals surface area (Å²) >= 11 is 3.59. The Balaban J connectivity index is 2.13. The van der Waals surface area contributed by atoms with Gasteiger partial charge in [0.1, 0.15) is 12.4 Å². The molecule has 3 heteroatoms. The lowest BCUT2D eigenvalue weighted by Gasteiger charge is -2.16. The van der Waals surface area contributed by atoms with Crippen molar-refractivity contribution in [3.05, 3.63) is 63.6 Å². The molecular formula is C18H22BrNO. The fourth-order valence-electron chi connectivity index (χ4n) is 2.23. The third-order valence-corrected chi connectivity index (χ3v) is 4.54. The Kier molecular flexibility index (Phi) is 5.83. The predicted molar refractivity (Wildman–Crippen MR) is 91.5 cm³/mol. The van der Waals surface area contributed by atoms with Gasteiger partial charge in [-0.1, -0.05) is 60.1 Å². The van der Waals surface area contributed by atoms with Crippen LogP contribution in [0.2, 0.25) is 0 Å². The highest BCUT2D eigenvalue weighted by Crippen LogP contribution is 2.29. The Morgan fingerprint density at radius 1 is 1.19 bits per heavy atom. The van der Waals surface area contributed by atoms with Gasteiger partial charge in [-0.15, -0.1) is 0 Å². The van der Waals surface area contributed by atoms with Gasteiger partial charge in [-0.3, -0.25) is 0 Å². The van der Waals surface area contributed by atoms with Gasteiger partial charge < -0.3 is 10.5 Å². The molecule has 0 saturated carbocycles. The largest absolute Gasteiger partial charge is 0.489 e. The summed E-state index contributed by atoms with van der Waals surface area (Å²) in [6, 6.07) is 14.5. The molecule has 2 nitrogen and oxygen atoms in total. The number of nitrogens with two attached hydrogens (primary N) is 1. The molecule has 0 spiro atoms. The minimum atomic E-state index is 0.504. The number of para-hydroxylation sites is 1. The van der Waals surface area contributed by atoms with Crippen LogP contribution in [-0.4, -0.2) is 0 Å². The second-order valence-corrected chi connectivity index (χ2v) is 6.12. The summed E-state index contributed by atoms with van der Waals surface area (Å²) in [7, 11) is 0. The lowest BCUT2D eigenvalue weighted by Crippen LogP contribution is -2.02. The van der Waals surface area contributed by atoms with Crippen molar-refractivity contribution in [3.8, 4) is 5.75 Å². The van der Waals surface area contributed by atoms with E-state index in [0.717, 1.165) is 27.8 Å². The molecule has 112 valence electrons. The molecule has 21 heavy (non-hydrogen) atoms. The molecule has 0 saturated heterocycles. The molecule has 2 aromatic carbocycles. The Labute approximate surface area is 135 Å². The van der Waals surface area contributed by atoms with E-state index in [-0.39, 0.29) is 0 Å². The average Bonchev–Trinajstić information content (AvgIpc) is 2.53. The smallest absolute Gasteiger partial charge is 0.123 e. The number of hydrogen-bond donors (Lipinski definition) is 1. The number of halogens is 1. The first-order chi connectivity index (χ1) is 10.2. The van der Waals surface area contributed by atoms with E-state index < -0.39 is 0 Å². The average molecular weight is 348 g/mol. The molecule has 2 aromatic rings. The molecule has 2 N–H and O–H groups in total. The Morgan fingerprint density at radius 3 is 2.62 bits per heavy atom. The zero-order valence-electron chi connectivity index (χ0n) is 12.6. The Morgan fingerprint density at radius 2 is 1.95 bits per heavy atom. The summed E-state index contributed by atoms with van der Waals surface area (Å²) in [4.78, 5) is 0. The summed E-state index contributed by atoms with van der Waals surface area (Å²) in [6.07, 6.45) is 1.11. The van der Waals surface area contributed by atoms with E-state index in [2.05, 4.69) is 54.0 Å². The summed E-state index contributed by atoms with van der Waals surface area (Å²) in [5, 5.41) is 0. The van der Waals surface area contributed by atoms with Gasteiger partial charge >= 0.3 is 0 Å². The molecule has 0 heterocycles. The van der Waals surface area contributed by atoms with Crippen LogP contribution in [-0.2, 0) is 13.2 Å². The van der Waals surface area contributed by atoms with Crippen molar-refractivity contribution in [1.29, 1.82) is 0 Å². The van der Waals surface area contributed by atoms with Crippen LogP contribution in [0, 0.1) is 0 Å². The highest BCUT2D eigenvalue weighted by molar-refractivity contribution is 9.10. The van der Waals surface area contributed by atoms with E-state index in [0.29, 0.717) is 19.1 Å². The molecule has 0 radical (unpaired) electrons. The molecule has 0 aliphatic rings. The van der Waals surface area contributed by atoms with E-state index in [1.807, 2.05) is 18.2 Å². The number of rotatable bonds is 6. The third-order valence-electron chi connectivity index (χ3n) is 3.80. The van der Waals surface area contributed by atoms with Crippen LogP contribution < -0.4 is 10.5 Å². The number of benzene rings is 2. The molecular weight excluding hydrogens is 326 g/mol. The van der Waals surface area contributed by atoms with Crippen molar-refractivity contribution < 1.29 is 4.74 Å². The monoisotopic (exact) mass is 347 g/mol. The molecule has 0 aliphatic heterocycles. The summed E-state index contributed by atoms with van der Waals surface area (Å²) in [5.41, 5.74) is 9.17. The van der Waals surface area contributed by atoms with Crippen molar-refractivity contribution in [1.82, 2.24) is 0 Å². The van der Waals surface area contributed by atoms with Crippen LogP contribution in [0.1, 0.15) is 42.9 Å². The van der Waals surface area contributed by atoms with Crippen LogP contribution in [0.4, 0.5) is 0 Å². The van der Waals surface area contributed by atoms with E-state index in [1.54, 1.807) is 0 Å². The summed E-state index contributed by atoms with van der Waals surface area (Å²) < 4.78 is 7.09. The van der Waals surface area contributed by atoms with Crippen molar-refractivity contribution in [2.45, 2.75) is 39.3 Å². The van der Waals surface area contributed by atoms with Crippen LogP contribution in [0.25, 0.3) is 0 Å². The van der Waals surface area contributed by atoms with Crippen LogP contribution >= 0.6 is 15.9 Å². The quantitative estimate of drug-likeness (QED) is 0.797. The normalized spacial score (nSPS) is 12.2. The van der Waals surface area contributed by atoms with Gasteiger partial charge in [-0.25, -0.2) is 0 Å². The second-order valence-electron chi connectivity index (χ2n) is 5.27. The molecule has 0 aromatic heterocycles. The zero-order valence-corrected chi connectivity index (χ0v) is 14.2. The fourth-order valence-corrected chi connectivity index (χ4v) is 2.77. The van der Waals surface area contributed by atoms with Gasteiger partial charge in [0.15, 0.2) is 0 Å². The van der Waals surface area contributed by atoms with Crippen LogP contribution in [0.3, 0.4) is 0 Å². The number of ether oxygens (including phenoxy) is 1. The Bertz CT molecular complexity index is 598. The van der Waals surface area contributed by atoms with Crippen LogP contribution in [0.15, 0.2) is 46.9 Å². The molecule has 0 amide bonds. The predicted octanol–water partition coefficient (Wildman–Crippen LogP) is 5.00. The maximum atomic E-state index is 6.04. The first-order valence-corrected chi connectivity index (χ1v) is 8.14. The maximum Gasteiger partial charge on any atom is 0.123 e. The van der Waals surface area contributed by atoms with Gasteiger partial charge in [0.2, 0.25) is 0 Å². The van der Waals surface area contributed by atoms with E-state index in [9.17, 15) is 0 Å². The third kappa shape index (κ3) is 4.08. The molecule has 0 bridgehead atoms. The van der Waals surface area contributed by atoms with E-state index in [1.165, 1.54) is 5.56 Å². The first kappa shape index (κ1) is 16.1. The van der Waals surface area contributed by atoms with Gasteiger partial charge in [0, 0.05) is 16.6 Å². The van der Waals surface area contributed by atoms with Gasteiger partial charge in [-0.05, 0) is 35.6 Å². The van der Waals surface area contributed by atoms with Gasteiger partial charge in [0.05, 0.1) is 0 Å². The van der Waals surface area contributed by atoms with E-state index in [4.69, 9.17) is 10.5 Å². The molecule has 0 aliphatic carbocycles. The molecule has 1 unspecified atom stereocenters. The van der Waals surface area contributed by atoms with Gasteiger partial charge in [0.25, 0.3) is 0 Å².